The number of carbonyl (C=O) groups is 2. The fourth-order valence-corrected chi connectivity index (χ4v) is 4.09. The maximum Gasteiger partial charge on any atom is 0.409 e. The highest BCUT2D eigenvalue weighted by Crippen LogP contribution is 2.19. The summed E-state index contributed by atoms with van der Waals surface area (Å²) in [7, 11) is -3.39. The van der Waals surface area contributed by atoms with Gasteiger partial charge in [-0.05, 0) is 25.7 Å². The number of rotatable bonds is 8. The molecule has 0 spiro atoms. The van der Waals surface area contributed by atoms with Crippen LogP contribution in [0.4, 0.5) is 4.79 Å². The molecule has 1 aliphatic heterocycles. The minimum atomic E-state index is -3.39. The van der Waals surface area contributed by atoms with E-state index < -0.39 is 10.0 Å². The van der Waals surface area contributed by atoms with Crippen molar-refractivity contribution < 1.29 is 22.7 Å². The molecule has 1 N–H and O–H groups in total. The smallest absolute Gasteiger partial charge is 0.409 e. The lowest BCUT2D eigenvalue weighted by Gasteiger charge is -2.36. The number of hydrogen-bond donors (Lipinski definition) is 1. The van der Waals surface area contributed by atoms with Crippen LogP contribution in [0.25, 0.3) is 0 Å². The predicted octanol–water partition coefficient (Wildman–Crippen LogP) is 1.03. The Balaban J connectivity index is 2.55. The summed E-state index contributed by atoms with van der Waals surface area (Å²) < 4.78 is 30.6. The molecule has 0 atom stereocenters. The largest absolute Gasteiger partial charge is 0.450 e. The summed E-state index contributed by atoms with van der Waals surface area (Å²) >= 11 is 0. The van der Waals surface area contributed by atoms with Crippen LogP contribution in [0.5, 0.6) is 0 Å². The fraction of sp³-hybridized carbons (Fsp3) is 0.875. The molecule has 25 heavy (non-hydrogen) atoms. The highest BCUT2D eigenvalue weighted by Gasteiger charge is 2.31. The molecule has 1 fully saturated rings. The van der Waals surface area contributed by atoms with Crippen LogP contribution < -0.4 is 5.32 Å². The number of likely N-dealkylation sites (tertiary alicyclic amines) is 1. The van der Waals surface area contributed by atoms with Crippen LogP contribution in [-0.2, 0) is 19.6 Å². The molecular formula is C16H31N3O5S. The average Bonchev–Trinajstić information content (AvgIpc) is 2.50. The molecule has 0 aromatic heterocycles. The standard InChI is InChI=1S/C16H31N3O5S/c1-5-24-16(21)18-9-6-14(7-10-18)19(25(4,22)23)11-8-17-15(20)12-13(2)3/h13-14H,5-12H2,1-4H3,(H,17,20). The molecule has 8 nitrogen and oxygen atoms in total. The number of carbonyl (C=O) groups excluding carboxylic acids is 2. The Hall–Kier alpha value is -1.35. The van der Waals surface area contributed by atoms with Gasteiger partial charge in [-0.2, -0.15) is 4.31 Å². The summed E-state index contributed by atoms with van der Waals surface area (Å²) in [6.45, 7) is 7.46. The number of nitrogens with zero attached hydrogens (tertiary/aromatic N) is 2. The van der Waals surface area contributed by atoms with E-state index in [9.17, 15) is 18.0 Å². The number of hydrogen-bond acceptors (Lipinski definition) is 5. The summed E-state index contributed by atoms with van der Waals surface area (Å²) in [5.74, 6) is 0.193. The van der Waals surface area contributed by atoms with E-state index in [4.69, 9.17) is 4.74 Å². The lowest BCUT2D eigenvalue weighted by Crippen LogP contribution is -2.50. The Labute approximate surface area is 150 Å². The molecule has 0 aliphatic carbocycles. The first kappa shape index (κ1) is 21.7. The molecule has 1 saturated heterocycles. The van der Waals surface area contributed by atoms with Gasteiger partial charge in [-0.3, -0.25) is 4.79 Å². The first-order valence-electron chi connectivity index (χ1n) is 8.80. The van der Waals surface area contributed by atoms with Gasteiger partial charge in [0.1, 0.15) is 0 Å². The lowest BCUT2D eigenvalue weighted by atomic mass is 10.1. The van der Waals surface area contributed by atoms with E-state index in [0.29, 0.717) is 39.0 Å². The summed E-state index contributed by atoms with van der Waals surface area (Å²) in [6, 6.07) is -0.164. The van der Waals surface area contributed by atoms with E-state index in [0.717, 1.165) is 0 Å². The Kier molecular flexibility index (Phi) is 8.64. The van der Waals surface area contributed by atoms with Crippen LogP contribution in [0, 0.1) is 5.92 Å². The molecule has 0 saturated carbocycles. The summed E-state index contributed by atoms with van der Waals surface area (Å²) in [4.78, 5) is 25.0. The van der Waals surface area contributed by atoms with Crippen LogP contribution in [0.15, 0.2) is 0 Å². The van der Waals surface area contributed by atoms with Gasteiger partial charge < -0.3 is 15.0 Å². The summed E-state index contributed by atoms with van der Waals surface area (Å²) in [5.41, 5.74) is 0. The van der Waals surface area contributed by atoms with Gasteiger partial charge in [-0.15, -0.1) is 0 Å². The predicted molar refractivity (Wildman–Crippen MR) is 95.6 cm³/mol. The normalized spacial score (nSPS) is 16.3. The highest BCUT2D eigenvalue weighted by molar-refractivity contribution is 7.88. The second-order valence-corrected chi connectivity index (χ2v) is 8.67. The Bertz CT molecular complexity index is 542. The molecule has 1 heterocycles. The van der Waals surface area contributed by atoms with Gasteiger partial charge in [0, 0.05) is 38.6 Å². The summed E-state index contributed by atoms with van der Waals surface area (Å²) in [5, 5.41) is 2.77. The molecule has 0 bridgehead atoms. The fourth-order valence-electron chi connectivity index (χ4n) is 2.92. The van der Waals surface area contributed by atoms with Crippen molar-refractivity contribution in [2.24, 2.45) is 5.92 Å². The molecule has 146 valence electrons. The minimum absolute atomic E-state index is 0.0689. The first-order valence-corrected chi connectivity index (χ1v) is 10.6. The maximum absolute atomic E-state index is 12.1. The van der Waals surface area contributed by atoms with Crippen molar-refractivity contribution in [1.29, 1.82) is 0 Å². The maximum atomic E-state index is 12.1. The van der Waals surface area contributed by atoms with Gasteiger partial charge in [0.25, 0.3) is 0 Å². The number of amides is 2. The number of ether oxygens (including phenoxy) is 1. The quantitative estimate of drug-likeness (QED) is 0.682. The summed E-state index contributed by atoms with van der Waals surface area (Å²) in [6.07, 6.45) is 2.38. The van der Waals surface area contributed by atoms with E-state index in [2.05, 4.69) is 5.32 Å². The van der Waals surface area contributed by atoms with Crippen LogP contribution >= 0.6 is 0 Å². The molecule has 9 heteroatoms. The molecule has 1 rings (SSSR count). The molecular weight excluding hydrogens is 346 g/mol. The van der Waals surface area contributed by atoms with Gasteiger partial charge in [0.2, 0.25) is 15.9 Å². The van der Waals surface area contributed by atoms with Crippen molar-refractivity contribution in [3.63, 3.8) is 0 Å². The third kappa shape index (κ3) is 7.60. The minimum Gasteiger partial charge on any atom is -0.450 e. The van der Waals surface area contributed by atoms with E-state index in [1.165, 1.54) is 10.6 Å². The van der Waals surface area contributed by atoms with Gasteiger partial charge in [0.05, 0.1) is 12.9 Å². The number of nitrogens with one attached hydrogen (secondary N) is 1. The Morgan fingerprint density at radius 1 is 1.28 bits per heavy atom. The van der Waals surface area contributed by atoms with Crippen molar-refractivity contribution in [1.82, 2.24) is 14.5 Å². The second kappa shape index (κ2) is 9.96. The van der Waals surface area contributed by atoms with Gasteiger partial charge in [-0.25, -0.2) is 13.2 Å². The molecule has 0 aromatic rings. The van der Waals surface area contributed by atoms with Crippen LogP contribution in [-0.4, -0.2) is 74.7 Å². The molecule has 0 aromatic carbocycles. The van der Waals surface area contributed by atoms with Gasteiger partial charge >= 0.3 is 6.09 Å². The van der Waals surface area contributed by atoms with Crippen molar-refractivity contribution in [3.8, 4) is 0 Å². The van der Waals surface area contributed by atoms with Crippen molar-refractivity contribution in [2.75, 3.05) is 39.0 Å². The topological polar surface area (TPSA) is 96.0 Å². The van der Waals surface area contributed by atoms with Crippen LogP contribution in [0.1, 0.15) is 40.0 Å². The van der Waals surface area contributed by atoms with Crippen molar-refractivity contribution >= 4 is 22.0 Å². The third-order valence-electron chi connectivity index (χ3n) is 4.07. The number of sulfonamides is 1. The van der Waals surface area contributed by atoms with E-state index in [1.54, 1.807) is 11.8 Å². The Morgan fingerprint density at radius 2 is 1.88 bits per heavy atom. The molecule has 1 aliphatic rings. The molecule has 2 amide bonds. The third-order valence-corrected chi connectivity index (χ3v) is 5.40. The van der Waals surface area contributed by atoms with Crippen molar-refractivity contribution in [3.05, 3.63) is 0 Å². The second-order valence-electron chi connectivity index (χ2n) is 6.74. The van der Waals surface area contributed by atoms with E-state index in [1.807, 2.05) is 13.8 Å². The highest BCUT2D eigenvalue weighted by atomic mass is 32.2. The monoisotopic (exact) mass is 377 g/mol. The first-order chi connectivity index (χ1) is 11.6. The zero-order chi connectivity index (χ0) is 19.0. The van der Waals surface area contributed by atoms with Crippen LogP contribution in [0.2, 0.25) is 0 Å². The average molecular weight is 378 g/mol. The zero-order valence-electron chi connectivity index (χ0n) is 15.7. The van der Waals surface area contributed by atoms with Gasteiger partial charge in [0.15, 0.2) is 0 Å². The van der Waals surface area contributed by atoms with Crippen LogP contribution in [0.3, 0.4) is 0 Å². The van der Waals surface area contributed by atoms with Crippen molar-refractivity contribution in [2.45, 2.75) is 46.1 Å². The van der Waals surface area contributed by atoms with E-state index in [-0.39, 0.29) is 37.0 Å². The number of piperidine rings is 1. The van der Waals surface area contributed by atoms with E-state index >= 15 is 0 Å². The zero-order valence-corrected chi connectivity index (χ0v) is 16.5. The van der Waals surface area contributed by atoms with Gasteiger partial charge in [-0.1, -0.05) is 13.8 Å². The molecule has 0 radical (unpaired) electrons. The molecule has 0 unspecified atom stereocenters. The SMILES string of the molecule is CCOC(=O)N1CCC(N(CCNC(=O)CC(C)C)S(C)(=O)=O)CC1. The Morgan fingerprint density at radius 3 is 2.36 bits per heavy atom. The lowest BCUT2D eigenvalue weighted by molar-refractivity contribution is -0.121.